The minimum absolute atomic E-state index is 0.0693. The summed E-state index contributed by atoms with van der Waals surface area (Å²) in [7, 11) is 3.04. The van der Waals surface area contributed by atoms with Crippen molar-refractivity contribution in [1.29, 1.82) is 0 Å². The summed E-state index contributed by atoms with van der Waals surface area (Å²) >= 11 is 0. The average Bonchev–Trinajstić information content (AvgIpc) is 2.11. The maximum Gasteiger partial charge on any atom is 0.267 e. The van der Waals surface area contributed by atoms with Crippen molar-refractivity contribution in [2.45, 2.75) is 13.0 Å². The molecule has 1 atom stereocenters. The predicted molar refractivity (Wildman–Crippen MR) is 46.5 cm³/mol. The molecule has 0 saturated carbocycles. The molecule has 6 nitrogen and oxygen atoms in total. The summed E-state index contributed by atoms with van der Waals surface area (Å²) in [4.78, 5) is 21.6. The monoisotopic (exact) mass is 189 g/mol. The van der Waals surface area contributed by atoms with E-state index in [1.165, 1.54) is 14.0 Å². The standard InChI is InChI=1S/C7H15N3O3/c1-5(11)9-4-6(12)7(13)10(3)8-2/h6,8,12H,4H2,1-3H3,(H,9,11). The number of rotatable bonds is 4. The van der Waals surface area contributed by atoms with Crippen LogP contribution in [0.5, 0.6) is 0 Å². The third-order valence-corrected chi connectivity index (χ3v) is 1.50. The van der Waals surface area contributed by atoms with Crippen LogP contribution < -0.4 is 10.7 Å². The quantitative estimate of drug-likeness (QED) is 0.450. The number of nitrogens with one attached hydrogen (secondary N) is 2. The molecule has 0 radical (unpaired) electrons. The lowest BCUT2D eigenvalue weighted by Crippen LogP contribution is -2.47. The summed E-state index contributed by atoms with van der Waals surface area (Å²) in [6, 6.07) is 0. The van der Waals surface area contributed by atoms with Crippen LogP contribution in [0.25, 0.3) is 0 Å². The van der Waals surface area contributed by atoms with Crippen LogP contribution in [0.2, 0.25) is 0 Å². The van der Waals surface area contributed by atoms with E-state index in [1.54, 1.807) is 7.05 Å². The Balaban J connectivity index is 3.89. The molecule has 0 rings (SSSR count). The lowest BCUT2D eigenvalue weighted by atomic mass is 10.3. The number of nitrogens with zero attached hydrogens (tertiary/aromatic N) is 1. The Hall–Kier alpha value is -1.14. The molecule has 0 aromatic heterocycles. The predicted octanol–water partition coefficient (Wildman–Crippen LogP) is -1.92. The first-order valence-electron chi connectivity index (χ1n) is 3.86. The Labute approximate surface area is 76.9 Å². The van der Waals surface area contributed by atoms with Crippen molar-refractivity contribution in [3.05, 3.63) is 0 Å². The van der Waals surface area contributed by atoms with E-state index < -0.39 is 12.0 Å². The van der Waals surface area contributed by atoms with Gasteiger partial charge in [0.05, 0.1) is 6.54 Å². The van der Waals surface area contributed by atoms with Gasteiger partial charge in [0.15, 0.2) is 6.10 Å². The first kappa shape index (κ1) is 11.9. The van der Waals surface area contributed by atoms with Crippen LogP contribution in [0.1, 0.15) is 6.92 Å². The molecule has 0 fully saturated rings. The van der Waals surface area contributed by atoms with Gasteiger partial charge in [0, 0.05) is 21.0 Å². The van der Waals surface area contributed by atoms with Crippen molar-refractivity contribution in [3.8, 4) is 0 Å². The summed E-state index contributed by atoms with van der Waals surface area (Å²) < 4.78 is 0. The van der Waals surface area contributed by atoms with E-state index in [1.807, 2.05) is 0 Å². The molecule has 0 aromatic rings. The van der Waals surface area contributed by atoms with E-state index >= 15 is 0 Å². The SMILES string of the molecule is CNN(C)C(=O)C(O)CNC(C)=O. The lowest BCUT2D eigenvalue weighted by Gasteiger charge is -2.19. The second-order valence-electron chi connectivity index (χ2n) is 2.57. The second-order valence-corrected chi connectivity index (χ2v) is 2.57. The zero-order chi connectivity index (χ0) is 10.4. The van der Waals surface area contributed by atoms with Crippen LogP contribution in [0.3, 0.4) is 0 Å². The molecule has 0 aromatic carbocycles. The minimum Gasteiger partial charge on any atom is -0.381 e. The molecular weight excluding hydrogens is 174 g/mol. The molecule has 6 heteroatoms. The molecule has 0 aliphatic carbocycles. The van der Waals surface area contributed by atoms with E-state index in [0.717, 1.165) is 5.01 Å². The number of hydrazine groups is 1. The molecule has 0 saturated heterocycles. The summed E-state index contributed by atoms with van der Waals surface area (Å²) in [5.41, 5.74) is 2.54. The first-order chi connectivity index (χ1) is 5.99. The number of hydrogen-bond donors (Lipinski definition) is 3. The maximum absolute atomic E-state index is 11.1. The van der Waals surface area contributed by atoms with Crippen molar-refractivity contribution < 1.29 is 14.7 Å². The number of aliphatic hydroxyl groups excluding tert-OH is 1. The molecule has 0 bridgehead atoms. The van der Waals surface area contributed by atoms with Gasteiger partial charge in [0.25, 0.3) is 5.91 Å². The number of carbonyl (C=O) groups excluding carboxylic acids is 2. The number of likely N-dealkylation sites (N-methyl/N-ethyl adjacent to an activating group) is 1. The molecule has 0 aliphatic heterocycles. The Morgan fingerprint density at radius 2 is 2.08 bits per heavy atom. The Kier molecular flexibility index (Phi) is 5.01. The van der Waals surface area contributed by atoms with Crippen LogP contribution in [-0.4, -0.2) is 48.7 Å². The van der Waals surface area contributed by atoms with Crippen molar-refractivity contribution in [2.75, 3.05) is 20.6 Å². The topological polar surface area (TPSA) is 81.7 Å². The fraction of sp³-hybridized carbons (Fsp3) is 0.714. The Morgan fingerprint density at radius 3 is 2.46 bits per heavy atom. The molecule has 1 unspecified atom stereocenters. The van der Waals surface area contributed by atoms with Gasteiger partial charge < -0.3 is 10.4 Å². The highest BCUT2D eigenvalue weighted by Gasteiger charge is 2.18. The van der Waals surface area contributed by atoms with Gasteiger partial charge in [-0.3, -0.25) is 14.6 Å². The molecule has 3 N–H and O–H groups in total. The normalized spacial score (nSPS) is 12.0. The highest BCUT2D eigenvalue weighted by molar-refractivity contribution is 5.81. The van der Waals surface area contributed by atoms with Gasteiger partial charge in [-0.2, -0.15) is 0 Å². The number of amides is 2. The third kappa shape index (κ3) is 4.44. The van der Waals surface area contributed by atoms with E-state index in [-0.39, 0.29) is 12.5 Å². The number of aliphatic hydroxyl groups is 1. The van der Waals surface area contributed by atoms with Crippen LogP contribution >= 0.6 is 0 Å². The van der Waals surface area contributed by atoms with E-state index in [4.69, 9.17) is 0 Å². The van der Waals surface area contributed by atoms with Crippen LogP contribution in [0.4, 0.5) is 0 Å². The number of carbonyl (C=O) groups is 2. The smallest absolute Gasteiger partial charge is 0.267 e. The van der Waals surface area contributed by atoms with Gasteiger partial charge in [0.2, 0.25) is 5.91 Å². The lowest BCUT2D eigenvalue weighted by molar-refractivity contribution is -0.141. The first-order valence-corrected chi connectivity index (χ1v) is 3.86. The average molecular weight is 189 g/mol. The highest BCUT2D eigenvalue weighted by Crippen LogP contribution is 1.87. The molecule has 0 spiro atoms. The minimum atomic E-state index is -1.21. The van der Waals surface area contributed by atoms with Crippen LogP contribution in [-0.2, 0) is 9.59 Å². The molecular formula is C7H15N3O3. The second kappa shape index (κ2) is 5.50. The zero-order valence-corrected chi connectivity index (χ0v) is 8.00. The van der Waals surface area contributed by atoms with Gasteiger partial charge in [-0.1, -0.05) is 0 Å². The summed E-state index contributed by atoms with van der Waals surface area (Å²) in [5, 5.41) is 12.7. The zero-order valence-electron chi connectivity index (χ0n) is 8.00. The fourth-order valence-corrected chi connectivity index (χ4v) is 0.661. The van der Waals surface area contributed by atoms with Gasteiger partial charge in [0.1, 0.15) is 0 Å². The van der Waals surface area contributed by atoms with Crippen LogP contribution in [0, 0.1) is 0 Å². The van der Waals surface area contributed by atoms with Gasteiger partial charge in [-0.15, -0.1) is 0 Å². The molecule has 13 heavy (non-hydrogen) atoms. The summed E-state index contributed by atoms with van der Waals surface area (Å²) in [6.07, 6.45) is -1.21. The molecule has 0 aliphatic rings. The maximum atomic E-state index is 11.1. The summed E-state index contributed by atoms with van der Waals surface area (Å²) in [6.45, 7) is 1.25. The largest absolute Gasteiger partial charge is 0.381 e. The molecule has 2 amide bonds. The van der Waals surface area contributed by atoms with Gasteiger partial charge in [-0.25, -0.2) is 5.43 Å². The van der Waals surface area contributed by atoms with Crippen LogP contribution in [0.15, 0.2) is 0 Å². The summed E-state index contributed by atoms with van der Waals surface area (Å²) in [5.74, 6) is -0.768. The van der Waals surface area contributed by atoms with Crippen molar-refractivity contribution in [3.63, 3.8) is 0 Å². The Morgan fingerprint density at radius 1 is 1.54 bits per heavy atom. The fourth-order valence-electron chi connectivity index (χ4n) is 0.661. The molecule has 0 heterocycles. The Bertz CT molecular complexity index is 195. The molecule has 76 valence electrons. The van der Waals surface area contributed by atoms with Gasteiger partial charge in [-0.05, 0) is 0 Å². The van der Waals surface area contributed by atoms with Crippen molar-refractivity contribution in [1.82, 2.24) is 15.8 Å². The van der Waals surface area contributed by atoms with E-state index in [9.17, 15) is 14.7 Å². The van der Waals surface area contributed by atoms with E-state index in [0.29, 0.717) is 0 Å². The van der Waals surface area contributed by atoms with E-state index in [2.05, 4.69) is 10.7 Å². The third-order valence-electron chi connectivity index (χ3n) is 1.50. The van der Waals surface area contributed by atoms with Crippen molar-refractivity contribution >= 4 is 11.8 Å². The van der Waals surface area contributed by atoms with Crippen molar-refractivity contribution in [2.24, 2.45) is 0 Å². The van der Waals surface area contributed by atoms with Gasteiger partial charge >= 0.3 is 0 Å². The number of hydrogen-bond acceptors (Lipinski definition) is 4. The highest BCUT2D eigenvalue weighted by atomic mass is 16.3.